The number of hydrogen-bond donors (Lipinski definition) is 1. The Kier molecular flexibility index (Phi) is 7.38. The number of rotatable bonds is 8. The number of carbonyl (C=O) groups excluding carboxylic acids is 2. The Hall–Kier alpha value is -4.46. The number of aliphatic hydroxyl groups is 1. The molecule has 1 amide bonds. The van der Waals surface area contributed by atoms with Crippen molar-refractivity contribution in [1.29, 1.82) is 0 Å². The highest BCUT2D eigenvalue weighted by Crippen LogP contribution is 2.43. The molecule has 1 atom stereocenters. The zero-order chi connectivity index (χ0) is 26.7. The highest BCUT2D eigenvalue weighted by atomic mass is 16.5. The molecule has 1 saturated heterocycles. The molecule has 1 heterocycles. The largest absolute Gasteiger partial charge is 0.507 e. The van der Waals surface area contributed by atoms with E-state index in [1.165, 1.54) is 19.1 Å². The topological polar surface area (TPSA) is 94.5 Å². The fourth-order valence-corrected chi connectivity index (χ4v) is 4.61. The average molecular weight is 504 g/mol. The third-order valence-electron chi connectivity index (χ3n) is 6.46. The Balaban J connectivity index is 1.91. The van der Waals surface area contributed by atoms with Gasteiger partial charge in [0, 0.05) is 11.1 Å². The maximum atomic E-state index is 13.4. The summed E-state index contributed by atoms with van der Waals surface area (Å²) in [6, 6.07) is 16.6. The van der Waals surface area contributed by atoms with Gasteiger partial charge in [0.05, 0.1) is 46.6 Å². The standard InChI is InChI=1S/C29H29NO7/c1-17-14-19(11-12-21(17)34-2)27(31)25-26(18-10-13-23(36-4)24(15-18)37-5)30(29(33)28(25)32)16-20-8-6-7-9-22(20)35-3/h6-15,26,31H,16H2,1-5H3/b27-25-. The molecule has 1 unspecified atom stereocenters. The molecular weight excluding hydrogens is 474 g/mol. The number of carbonyl (C=O) groups is 2. The highest BCUT2D eigenvalue weighted by molar-refractivity contribution is 6.46. The van der Waals surface area contributed by atoms with E-state index < -0.39 is 17.7 Å². The van der Waals surface area contributed by atoms with Crippen molar-refractivity contribution in [1.82, 2.24) is 4.90 Å². The molecule has 0 aliphatic carbocycles. The second-order valence-electron chi connectivity index (χ2n) is 8.54. The molecule has 8 heteroatoms. The lowest BCUT2D eigenvalue weighted by atomic mass is 9.94. The van der Waals surface area contributed by atoms with Crippen LogP contribution in [0.15, 0.2) is 66.2 Å². The van der Waals surface area contributed by atoms with Gasteiger partial charge in [-0.1, -0.05) is 24.3 Å². The van der Waals surface area contributed by atoms with Crippen LogP contribution in [0.2, 0.25) is 0 Å². The van der Waals surface area contributed by atoms with E-state index in [0.29, 0.717) is 34.1 Å². The van der Waals surface area contributed by atoms with Crippen LogP contribution in [0, 0.1) is 6.92 Å². The lowest BCUT2D eigenvalue weighted by Crippen LogP contribution is -2.29. The number of aryl methyl sites for hydroxylation is 1. The predicted octanol–water partition coefficient (Wildman–Crippen LogP) is 4.65. The number of likely N-dealkylation sites (tertiary alicyclic amines) is 1. The second kappa shape index (κ2) is 10.7. The minimum atomic E-state index is -0.882. The summed E-state index contributed by atoms with van der Waals surface area (Å²) in [5.74, 6) is 0.386. The predicted molar refractivity (Wildman–Crippen MR) is 138 cm³/mol. The van der Waals surface area contributed by atoms with Crippen molar-refractivity contribution in [3.63, 3.8) is 0 Å². The van der Waals surface area contributed by atoms with Crippen molar-refractivity contribution in [2.45, 2.75) is 19.5 Å². The van der Waals surface area contributed by atoms with Crippen LogP contribution in [0.5, 0.6) is 23.0 Å². The average Bonchev–Trinajstić information content (AvgIpc) is 3.17. The summed E-state index contributed by atoms with van der Waals surface area (Å²) in [6.45, 7) is 1.92. The van der Waals surface area contributed by atoms with E-state index in [9.17, 15) is 14.7 Å². The normalized spacial score (nSPS) is 16.6. The summed E-state index contributed by atoms with van der Waals surface area (Å²) in [6.07, 6.45) is 0. The molecule has 37 heavy (non-hydrogen) atoms. The lowest BCUT2D eigenvalue weighted by Gasteiger charge is -2.26. The summed E-state index contributed by atoms with van der Waals surface area (Å²) in [7, 11) is 6.14. The van der Waals surface area contributed by atoms with E-state index in [4.69, 9.17) is 18.9 Å². The maximum Gasteiger partial charge on any atom is 0.295 e. The van der Waals surface area contributed by atoms with Crippen molar-refractivity contribution < 1.29 is 33.6 Å². The minimum Gasteiger partial charge on any atom is -0.507 e. The number of hydrogen-bond acceptors (Lipinski definition) is 7. The summed E-state index contributed by atoms with van der Waals surface area (Å²) in [5, 5.41) is 11.4. The minimum absolute atomic E-state index is 0.0170. The van der Waals surface area contributed by atoms with Gasteiger partial charge in [-0.2, -0.15) is 0 Å². The van der Waals surface area contributed by atoms with Crippen LogP contribution in [-0.4, -0.2) is 50.1 Å². The molecule has 0 saturated carbocycles. The Bertz CT molecular complexity index is 1380. The quantitative estimate of drug-likeness (QED) is 0.272. The van der Waals surface area contributed by atoms with Crippen LogP contribution in [0.4, 0.5) is 0 Å². The van der Waals surface area contributed by atoms with Crippen LogP contribution in [0.25, 0.3) is 5.76 Å². The second-order valence-corrected chi connectivity index (χ2v) is 8.54. The Morgan fingerprint density at radius 2 is 1.46 bits per heavy atom. The van der Waals surface area contributed by atoms with Crippen molar-refractivity contribution in [2.75, 3.05) is 28.4 Å². The van der Waals surface area contributed by atoms with Gasteiger partial charge in [-0.05, 0) is 54.4 Å². The smallest absolute Gasteiger partial charge is 0.295 e. The first kappa shape index (κ1) is 25.6. The van der Waals surface area contributed by atoms with E-state index in [1.54, 1.807) is 56.7 Å². The van der Waals surface area contributed by atoms with Crippen LogP contribution < -0.4 is 18.9 Å². The Morgan fingerprint density at radius 3 is 2.11 bits per heavy atom. The van der Waals surface area contributed by atoms with E-state index in [1.807, 2.05) is 25.1 Å². The number of aliphatic hydroxyl groups excluding tert-OH is 1. The molecule has 0 aromatic heterocycles. The van der Waals surface area contributed by atoms with Gasteiger partial charge in [0.25, 0.3) is 11.7 Å². The summed E-state index contributed by atoms with van der Waals surface area (Å²) < 4.78 is 21.6. The van der Waals surface area contributed by atoms with Gasteiger partial charge in [-0.25, -0.2) is 0 Å². The fourth-order valence-electron chi connectivity index (χ4n) is 4.61. The van der Waals surface area contributed by atoms with Crippen molar-refractivity contribution >= 4 is 17.4 Å². The maximum absolute atomic E-state index is 13.4. The van der Waals surface area contributed by atoms with E-state index in [0.717, 1.165) is 11.1 Å². The Labute approximate surface area is 215 Å². The van der Waals surface area contributed by atoms with Gasteiger partial charge in [-0.15, -0.1) is 0 Å². The molecule has 0 bridgehead atoms. The summed E-state index contributed by atoms with van der Waals surface area (Å²) >= 11 is 0. The molecule has 1 N–H and O–H groups in total. The van der Waals surface area contributed by atoms with Gasteiger partial charge < -0.3 is 29.0 Å². The SMILES string of the molecule is COc1ccc(/C(O)=C2/C(=O)C(=O)N(Cc3ccccc3OC)C2c2ccc(OC)c(OC)c2)cc1C. The van der Waals surface area contributed by atoms with Crippen LogP contribution in [-0.2, 0) is 16.1 Å². The van der Waals surface area contributed by atoms with Crippen LogP contribution >= 0.6 is 0 Å². The number of para-hydroxylation sites is 1. The number of methoxy groups -OCH3 is 4. The molecule has 0 radical (unpaired) electrons. The molecule has 8 nitrogen and oxygen atoms in total. The lowest BCUT2D eigenvalue weighted by molar-refractivity contribution is -0.140. The van der Waals surface area contributed by atoms with Crippen molar-refractivity contribution in [3.05, 3.63) is 88.5 Å². The summed E-state index contributed by atoms with van der Waals surface area (Å²) in [5.41, 5.74) is 2.46. The monoisotopic (exact) mass is 503 g/mol. The summed E-state index contributed by atoms with van der Waals surface area (Å²) in [4.78, 5) is 28.3. The molecule has 3 aromatic rings. The van der Waals surface area contributed by atoms with E-state index in [2.05, 4.69) is 0 Å². The number of ether oxygens (including phenoxy) is 4. The number of Topliss-reactive ketones (excluding diaryl/α,β-unsaturated/α-hetero) is 1. The van der Waals surface area contributed by atoms with Gasteiger partial charge >= 0.3 is 0 Å². The van der Waals surface area contributed by atoms with Crippen molar-refractivity contribution in [2.24, 2.45) is 0 Å². The van der Waals surface area contributed by atoms with Crippen LogP contribution in [0.3, 0.4) is 0 Å². The molecule has 4 rings (SSSR count). The van der Waals surface area contributed by atoms with Gasteiger partial charge in [0.15, 0.2) is 11.5 Å². The molecule has 1 fully saturated rings. The molecule has 1 aliphatic rings. The van der Waals surface area contributed by atoms with Gasteiger partial charge in [0.2, 0.25) is 0 Å². The van der Waals surface area contributed by atoms with E-state index in [-0.39, 0.29) is 17.9 Å². The van der Waals surface area contributed by atoms with Gasteiger partial charge in [0.1, 0.15) is 17.3 Å². The highest BCUT2D eigenvalue weighted by Gasteiger charge is 2.46. The van der Waals surface area contributed by atoms with Crippen LogP contribution in [0.1, 0.15) is 28.3 Å². The number of ketones is 1. The van der Waals surface area contributed by atoms with E-state index >= 15 is 0 Å². The Morgan fingerprint density at radius 1 is 0.811 bits per heavy atom. The zero-order valence-corrected chi connectivity index (χ0v) is 21.4. The zero-order valence-electron chi connectivity index (χ0n) is 21.4. The number of benzene rings is 3. The van der Waals surface area contributed by atoms with Crippen molar-refractivity contribution in [3.8, 4) is 23.0 Å². The van der Waals surface area contributed by atoms with Gasteiger partial charge in [-0.3, -0.25) is 9.59 Å². The third-order valence-corrected chi connectivity index (χ3v) is 6.46. The number of amides is 1. The molecule has 3 aromatic carbocycles. The first-order chi connectivity index (χ1) is 17.8. The first-order valence-electron chi connectivity index (χ1n) is 11.6. The first-order valence-corrected chi connectivity index (χ1v) is 11.6. The molecule has 192 valence electrons. The molecule has 0 spiro atoms. The molecular formula is C29H29NO7. The third kappa shape index (κ3) is 4.70. The number of nitrogens with zero attached hydrogens (tertiary/aromatic N) is 1. The fraction of sp³-hybridized carbons (Fsp3) is 0.241. The molecule has 1 aliphatic heterocycles.